The molecule has 0 aliphatic heterocycles. The fraction of sp³-hybridized carbons (Fsp3) is 1.00. The number of rotatable bonds is 6. The van der Waals surface area contributed by atoms with Crippen molar-refractivity contribution in [1.82, 2.24) is 5.32 Å². The van der Waals surface area contributed by atoms with E-state index in [1.165, 1.54) is 0 Å². The lowest BCUT2D eigenvalue weighted by Gasteiger charge is -2.18. The van der Waals surface area contributed by atoms with Gasteiger partial charge in [0.05, 0.1) is 6.10 Å². The lowest BCUT2D eigenvalue weighted by atomic mass is 10.3. The quantitative estimate of drug-likeness (QED) is 0.667. The van der Waals surface area contributed by atoms with Crippen LogP contribution in [0.15, 0.2) is 0 Å². The van der Waals surface area contributed by atoms with E-state index in [-0.39, 0.29) is 6.10 Å². The second-order valence-corrected chi connectivity index (χ2v) is 4.58. The predicted molar refractivity (Wildman–Crippen MR) is 56.7 cm³/mol. The van der Waals surface area contributed by atoms with Crippen molar-refractivity contribution in [3.05, 3.63) is 0 Å². The molecule has 3 heteroatoms. The lowest BCUT2D eigenvalue weighted by molar-refractivity contribution is 0.196. The Bertz CT molecular complexity index is 103. The van der Waals surface area contributed by atoms with Gasteiger partial charge in [0.2, 0.25) is 0 Å². The Labute approximate surface area is 80.1 Å². The molecule has 0 saturated carbocycles. The summed E-state index contributed by atoms with van der Waals surface area (Å²) in [4.78, 5) is 0. The molecule has 3 unspecified atom stereocenters. The fourth-order valence-corrected chi connectivity index (χ4v) is 2.03. The molecule has 0 bridgehead atoms. The van der Waals surface area contributed by atoms with E-state index in [9.17, 15) is 5.11 Å². The standard InChI is InChI=1S/C9H21NOS/c1-5-9(10-4)6-12-8(3)7(2)11/h7-11H,5-6H2,1-4H3. The first-order valence-corrected chi connectivity index (χ1v) is 5.63. The van der Waals surface area contributed by atoms with E-state index in [0.29, 0.717) is 11.3 Å². The van der Waals surface area contributed by atoms with Crippen molar-refractivity contribution < 1.29 is 5.11 Å². The van der Waals surface area contributed by atoms with Crippen LogP contribution in [0.1, 0.15) is 27.2 Å². The minimum atomic E-state index is -0.204. The van der Waals surface area contributed by atoms with Crippen LogP contribution in [0.25, 0.3) is 0 Å². The Hall–Kier alpha value is 0.270. The van der Waals surface area contributed by atoms with Crippen LogP contribution in [0.5, 0.6) is 0 Å². The van der Waals surface area contributed by atoms with Crippen LogP contribution in [0.4, 0.5) is 0 Å². The highest BCUT2D eigenvalue weighted by atomic mass is 32.2. The summed E-state index contributed by atoms with van der Waals surface area (Å²) in [5, 5.41) is 12.8. The van der Waals surface area contributed by atoms with Crippen molar-refractivity contribution in [2.24, 2.45) is 0 Å². The van der Waals surface area contributed by atoms with Crippen molar-refractivity contribution in [3.63, 3.8) is 0 Å². The van der Waals surface area contributed by atoms with Crippen molar-refractivity contribution in [2.45, 2.75) is 44.6 Å². The maximum absolute atomic E-state index is 9.24. The van der Waals surface area contributed by atoms with Gasteiger partial charge in [-0.25, -0.2) is 0 Å². The molecule has 0 radical (unpaired) electrons. The third kappa shape index (κ3) is 5.01. The molecule has 0 aromatic rings. The predicted octanol–water partition coefficient (Wildman–Crippen LogP) is 1.49. The van der Waals surface area contributed by atoms with Crippen LogP contribution in [-0.2, 0) is 0 Å². The molecule has 0 aromatic heterocycles. The molecule has 0 aliphatic rings. The van der Waals surface area contributed by atoms with Gasteiger partial charge >= 0.3 is 0 Å². The zero-order chi connectivity index (χ0) is 9.56. The zero-order valence-corrected chi connectivity index (χ0v) is 9.32. The van der Waals surface area contributed by atoms with Gasteiger partial charge in [-0.3, -0.25) is 0 Å². The van der Waals surface area contributed by atoms with Gasteiger partial charge in [0.15, 0.2) is 0 Å². The molecule has 3 atom stereocenters. The third-order valence-corrected chi connectivity index (χ3v) is 3.66. The maximum atomic E-state index is 9.24. The summed E-state index contributed by atoms with van der Waals surface area (Å²) < 4.78 is 0. The Balaban J connectivity index is 3.51. The van der Waals surface area contributed by atoms with Crippen molar-refractivity contribution in [2.75, 3.05) is 12.8 Å². The van der Waals surface area contributed by atoms with E-state index in [1.54, 1.807) is 0 Å². The molecule has 0 amide bonds. The van der Waals surface area contributed by atoms with E-state index in [2.05, 4.69) is 19.2 Å². The molecule has 2 N–H and O–H groups in total. The summed E-state index contributed by atoms with van der Waals surface area (Å²) >= 11 is 1.83. The van der Waals surface area contributed by atoms with Gasteiger partial charge in [-0.2, -0.15) is 11.8 Å². The van der Waals surface area contributed by atoms with Gasteiger partial charge in [0.25, 0.3) is 0 Å². The molecular weight excluding hydrogens is 170 g/mol. The highest BCUT2D eigenvalue weighted by Crippen LogP contribution is 2.15. The molecule has 0 aliphatic carbocycles. The molecule has 74 valence electrons. The summed E-state index contributed by atoms with van der Waals surface area (Å²) in [5.74, 6) is 1.08. The molecule has 0 rings (SSSR count). The number of nitrogens with one attached hydrogen (secondary N) is 1. The molecule has 0 heterocycles. The van der Waals surface area contributed by atoms with Crippen LogP contribution in [0.3, 0.4) is 0 Å². The summed E-state index contributed by atoms with van der Waals surface area (Å²) in [6, 6.07) is 0.580. The summed E-state index contributed by atoms with van der Waals surface area (Å²) in [7, 11) is 1.99. The highest BCUT2D eigenvalue weighted by Gasteiger charge is 2.11. The Morgan fingerprint density at radius 3 is 2.33 bits per heavy atom. The average molecular weight is 191 g/mol. The van der Waals surface area contributed by atoms with Gasteiger partial charge < -0.3 is 10.4 Å². The van der Waals surface area contributed by atoms with E-state index < -0.39 is 0 Å². The highest BCUT2D eigenvalue weighted by molar-refractivity contribution is 7.99. The number of hydrogen-bond donors (Lipinski definition) is 2. The monoisotopic (exact) mass is 191 g/mol. The van der Waals surface area contributed by atoms with Gasteiger partial charge in [0, 0.05) is 17.0 Å². The van der Waals surface area contributed by atoms with Gasteiger partial charge in [-0.15, -0.1) is 0 Å². The van der Waals surface area contributed by atoms with Crippen LogP contribution < -0.4 is 5.32 Å². The molecule has 0 spiro atoms. The van der Waals surface area contributed by atoms with E-state index in [1.807, 2.05) is 25.7 Å². The average Bonchev–Trinajstić information content (AvgIpc) is 2.05. The van der Waals surface area contributed by atoms with Crippen molar-refractivity contribution >= 4 is 11.8 Å². The number of aliphatic hydroxyl groups is 1. The summed E-state index contributed by atoms with van der Waals surface area (Å²) in [5.41, 5.74) is 0. The molecule has 0 fully saturated rings. The maximum Gasteiger partial charge on any atom is 0.0628 e. The summed E-state index contributed by atoms with van der Waals surface area (Å²) in [6.07, 6.45) is 0.945. The Kier molecular flexibility index (Phi) is 6.90. The topological polar surface area (TPSA) is 32.3 Å². The van der Waals surface area contributed by atoms with Gasteiger partial charge in [-0.05, 0) is 20.4 Å². The normalized spacial score (nSPS) is 18.8. The second-order valence-electron chi connectivity index (χ2n) is 3.17. The van der Waals surface area contributed by atoms with Crippen LogP contribution in [-0.4, -0.2) is 35.3 Å². The zero-order valence-electron chi connectivity index (χ0n) is 8.50. The van der Waals surface area contributed by atoms with E-state index in [4.69, 9.17) is 0 Å². The molecule has 2 nitrogen and oxygen atoms in total. The SMILES string of the molecule is CCC(CSC(C)C(C)O)NC. The molecule has 12 heavy (non-hydrogen) atoms. The Morgan fingerprint density at radius 2 is 2.00 bits per heavy atom. The van der Waals surface area contributed by atoms with E-state index >= 15 is 0 Å². The van der Waals surface area contributed by atoms with Crippen molar-refractivity contribution in [1.29, 1.82) is 0 Å². The Morgan fingerprint density at radius 1 is 1.42 bits per heavy atom. The number of thioether (sulfide) groups is 1. The fourth-order valence-electron chi connectivity index (χ4n) is 0.813. The molecular formula is C9H21NOS. The van der Waals surface area contributed by atoms with Crippen LogP contribution >= 0.6 is 11.8 Å². The first-order valence-electron chi connectivity index (χ1n) is 4.58. The van der Waals surface area contributed by atoms with Crippen LogP contribution in [0, 0.1) is 0 Å². The number of hydrogen-bond acceptors (Lipinski definition) is 3. The minimum Gasteiger partial charge on any atom is -0.392 e. The largest absolute Gasteiger partial charge is 0.392 e. The third-order valence-electron chi connectivity index (χ3n) is 2.14. The number of aliphatic hydroxyl groups excluding tert-OH is 1. The lowest BCUT2D eigenvalue weighted by Crippen LogP contribution is -2.28. The van der Waals surface area contributed by atoms with Crippen LogP contribution in [0.2, 0.25) is 0 Å². The minimum absolute atomic E-state index is 0.204. The van der Waals surface area contributed by atoms with Gasteiger partial charge in [0.1, 0.15) is 0 Å². The van der Waals surface area contributed by atoms with E-state index in [0.717, 1.165) is 12.2 Å². The first-order chi connectivity index (χ1) is 5.61. The second kappa shape index (κ2) is 6.75. The summed E-state index contributed by atoms with van der Waals surface area (Å²) in [6.45, 7) is 6.09. The first kappa shape index (κ1) is 12.3. The van der Waals surface area contributed by atoms with Crippen molar-refractivity contribution in [3.8, 4) is 0 Å². The smallest absolute Gasteiger partial charge is 0.0628 e. The molecule has 0 aromatic carbocycles. The van der Waals surface area contributed by atoms with Gasteiger partial charge in [-0.1, -0.05) is 13.8 Å². The molecule has 0 saturated heterocycles.